The SMILES string of the molecule is Fc1ccccc1COc1ncc(F)c(CC2CC2)n1. The third-order valence-corrected chi connectivity index (χ3v) is 3.29. The van der Waals surface area contributed by atoms with Gasteiger partial charge in [0.15, 0.2) is 5.82 Å². The first-order valence-corrected chi connectivity index (χ1v) is 6.60. The van der Waals surface area contributed by atoms with Gasteiger partial charge in [0.05, 0.1) is 11.9 Å². The fraction of sp³-hybridized carbons (Fsp3) is 0.333. The van der Waals surface area contributed by atoms with Crippen molar-refractivity contribution < 1.29 is 13.5 Å². The highest BCUT2D eigenvalue weighted by Gasteiger charge is 2.24. The van der Waals surface area contributed by atoms with Crippen molar-refractivity contribution in [1.82, 2.24) is 9.97 Å². The number of ether oxygens (including phenoxy) is 1. The topological polar surface area (TPSA) is 35.0 Å². The first-order chi connectivity index (χ1) is 9.72. The van der Waals surface area contributed by atoms with Gasteiger partial charge in [-0.3, -0.25) is 0 Å². The molecule has 1 aliphatic rings. The van der Waals surface area contributed by atoms with Crippen LogP contribution in [0.15, 0.2) is 30.5 Å². The molecule has 5 heteroatoms. The van der Waals surface area contributed by atoms with E-state index in [1.165, 1.54) is 6.07 Å². The van der Waals surface area contributed by atoms with Crippen molar-refractivity contribution >= 4 is 0 Å². The molecule has 1 aliphatic carbocycles. The highest BCUT2D eigenvalue weighted by Crippen LogP contribution is 2.32. The van der Waals surface area contributed by atoms with E-state index in [4.69, 9.17) is 4.74 Å². The van der Waals surface area contributed by atoms with Gasteiger partial charge >= 0.3 is 6.01 Å². The maximum Gasteiger partial charge on any atom is 0.317 e. The summed E-state index contributed by atoms with van der Waals surface area (Å²) in [5.41, 5.74) is 0.801. The maximum absolute atomic E-state index is 13.5. The van der Waals surface area contributed by atoms with E-state index in [0.29, 0.717) is 23.6 Å². The predicted octanol–water partition coefficient (Wildman–Crippen LogP) is 3.29. The van der Waals surface area contributed by atoms with E-state index in [9.17, 15) is 8.78 Å². The lowest BCUT2D eigenvalue weighted by molar-refractivity contribution is 0.272. The quantitative estimate of drug-likeness (QED) is 0.840. The van der Waals surface area contributed by atoms with Gasteiger partial charge in [0.1, 0.15) is 12.4 Å². The molecular weight excluding hydrogens is 262 g/mol. The minimum atomic E-state index is -0.407. The molecule has 0 N–H and O–H groups in total. The number of rotatable bonds is 5. The van der Waals surface area contributed by atoms with Crippen molar-refractivity contribution in [3.8, 4) is 6.01 Å². The summed E-state index contributed by atoms with van der Waals surface area (Å²) in [6.45, 7) is 0.0289. The summed E-state index contributed by atoms with van der Waals surface area (Å²) in [6, 6.07) is 6.42. The van der Waals surface area contributed by atoms with Crippen molar-refractivity contribution in [3.63, 3.8) is 0 Å². The Morgan fingerprint density at radius 3 is 2.70 bits per heavy atom. The molecule has 1 heterocycles. The molecule has 0 radical (unpaired) electrons. The highest BCUT2D eigenvalue weighted by molar-refractivity contribution is 5.17. The molecule has 0 unspecified atom stereocenters. The van der Waals surface area contributed by atoms with Crippen molar-refractivity contribution in [2.45, 2.75) is 25.9 Å². The van der Waals surface area contributed by atoms with E-state index in [1.807, 2.05) is 0 Å². The van der Waals surface area contributed by atoms with Crippen LogP contribution in [0.4, 0.5) is 8.78 Å². The molecule has 2 aromatic rings. The van der Waals surface area contributed by atoms with E-state index in [-0.39, 0.29) is 18.4 Å². The summed E-state index contributed by atoms with van der Waals surface area (Å²) in [4.78, 5) is 7.85. The van der Waals surface area contributed by atoms with Crippen LogP contribution in [0.3, 0.4) is 0 Å². The van der Waals surface area contributed by atoms with Crippen LogP contribution in [0.25, 0.3) is 0 Å². The number of hydrogen-bond donors (Lipinski definition) is 0. The second-order valence-electron chi connectivity index (χ2n) is 4.97. The van der Waals surface area contributed by atoms with Gasteiger partial charge in [0.25, 0.3) is 0 Å². The zero-order chi connectivity index (χ0) is 13.9. The van der Waals surface area contributed by atoms with Crippen molar-refractivity contribution in [3.05, 3.63) is 53.4 Å². The zero-order valence-corrected chi connectivity index (χ0v) is 10.9. The van der Waals surface area contributed by atoms with Crippen molar-refractivity contribution in [2.75, 3.05) is 0 Å². The average molecular weight is 276 g/mol. The lowest BCUT2D eigenvalue weighted by Crippen LogP contribution is -2.05. The third-order valence-electron chi connectivity index (χ3n) is 3.29. The van der Waals surface area contributed by atoms with E-state index in [2.05, 4.69) is 9.97 Å². The first kappa shape index (κ1) is 13.0. The fourth-order valence-corrected chi connectivity index (χ4v) is 1.95. The Morgan fingerprint density at radius 1 is 1.15 bits per heavy atom. The summed E-state index contributed by atoms with van der Waals surface area (Å²) < 4.78 is 32.3. The second kappa shape index (κ2) is 5.53. The number of halogens is 2. The molecule has 3 rings (SSSR count). The number of benzene rings is 1. The molecule has 20 heavy (non-hydrogen) atoms. The molecule has 0 atom stereocenters. The Bertz CT molecular complexity index is 615. The molecule has 1 fully saturated rings. The predicted molar refractivity (Wildman–Crippen MR) is 69.2 cm³/mol. The molecule has 1 aromatic carbocycles. The van der Waals surface area contributed by atoms with Crippen LogP contribution in [0.5, 0.6) is 6.01 Å². The van der Waals surface area contributed by atoms with Gasteiger partial charge in [-0.25, -0.2) is 13.8 Å². The minimum Gasteiger partial charge on any atom is -0.458 e. The Labute approximate surface area is 115 Å². The third kappa shape index (κ3) is 3.10. The van der Waals surface area contributed by atoms with Crippen molar-refractivity contribution in [2.24, 2.45) is 5.92 Å². The molecule has 1 saturated carbocycles. The van der Waals surface area contributed by atoms with Crippen LogP contribution in [-0.4, -0.2) is 9.97 Å². The van der Waals surface area contributed by atoms with Crippen LogP contribution in [0, 0.1) is 17.6 Å². The van der Waals surface area contributed by atoms with Crippen molar-refractivity contribution in [1.29, 1.82) is 0 Å². The molecule has 3 nitrogen and oxygen atoms in total. The number of aromatic nitrogens is 2. The Morgan fingerprint density at radius 2 is 1.95 bits per heavy atom. The van der Waals surface area contributed by atoms with Gasteiger partial charge in [-0.15, -0.1) is 0 Å². The van der Waals surface area contributed by atoms with Gasteiger partial charge in [0.2, 0.25) is 0 Å². The molecule has 0 spiro atoms. The van der Waals surface area contributed by atoms with E-state index in [1.54, 1.807) is 18.2 Å². The van der Waals surface area contributed by atoms with Gasteiger partial charge in [-0.2, -0.15) is 4.98 Å². The fourth-order valence-electron chi connectivity index (χ4n) is 1.95. The molecule has 0 bridgehead atoms. The van der Waals surface area contributed by atoms with Gasteiger partial charge in [-0.1, -0.05) is 18.2 Å². The van der Waals surface area contributed by atoms with E-state index < -0.39 is 5.82 Å². The maximum atomic E-state index is 13.5. The number of nitrogens with zero attached hydrogens (tertiary/aromatic N) is 2. The summed E-state index contributed by atoms with van der Waals surface area (Å²) >= 11 is 0. The lowest BCUT2D eigenvalue weighted by atomic mass is 10.2. The van der Waals surface area contributed by atoms with Crippen LogP contribution in [0.1, 0.15) is 24.1 Å². The van der Waals surface area contributed by atoms with Crippen LogP contribution < -0.4 is 4.74 Å². The Hall–Kier alpha value is -2.04. The molecule has 104 valence electrons. The Balaban J connectivity index is 1.69. The zero-order valence-electron chi connectivity index (χ0n) is 10.9. The average Bonchev–Trinajstić information content (AvgIpc) is 3.25. The standard InChI is InChI=1S/C15H14F2N2O/c16-12-4-2-1-3-11(12)9-20-15-18-8-13(17)14(19-15)7-10-5-6-10/h1-4,8,10H,5-7,9H2. The minimum absolute atomic E-state index is 0.0289. The molecular formula is C15H14F2N2O. The monoisotopic (exact) mass is 276 g/mol. The lowest BCUT2D eigenvalue weighted by Gasteiger charge is -2.07. The number of hydrogen-bond acceptors (Lipinski definition) is 3. The molecule has 0 saturated heterocycles. The van der Waals surface area contributed by atoms with Gasteiger partial charge in [0, 0.05) is 5.56 Å². The summed E-state index contributed by atoms with van der Waals surface area (Å²) in [5.74, 6) is -0.221. The second-order valence-corrected chi connectivity index (χ2v) is 4.97. The van der Waals surface area contributed by atoms with Gasteiger partial charge < -0.3 is 4.74 Å². The molecule has 1 aromatic heterocycles. The van der Waals surface area contributed by atoms with Crippen LogP contribution in [-0.2, 0) is 13.0 Å². The summed E-state index contributed by atoms with van der Waals surface area (Å²) in [6.07, 6.45) is 3.97. The van der Waals surface area contributed by atoms with E-state index in [0.717, 1.165) is 19.0 Å². The van der Waals surface area contributed by atoms with Gasteiger partial charge in [-0.05, 0) is 31.2 Å². The molecule has 0 aliphatic heterocycles. The summed E-state index contributed by atoms with van der Waals surface area (Å²) in [7, 11) is 0. The highest BCUT2D eigenvalue weighted by atomic mass is 19.1. The Kier molecular flexibility index (Phi) is 3.58. The summed E-state index contributed by atoms with van der Waals surface area (Å²) in [5, 5.41) is 0. The largest absolute Gasteiger partial charge is 0.458 e. The van der Waals surface area contributed by atoms with Crippen LogP contribution >= 0.6 is 0 Å². The first-order valence-electron chi connectivity index (χ1n) is 6.60. The van der Waals surface area contributed by atoms with Crippen LogP contribution in [0.2, 0.25) is 0 Å². The normalized spacial score (nSPS) is 14.3. The molecule has 0 amide bonds. The smallest absolute Gasteiger partial charge is 0.317 e. The van der Waals surface area contributed by atoms with E-state index >= 15 is 0 Å².